The first-order valence-electron chi connectivity index (χ1n) is 3.22. The minimum absolute atomic E-state index is 0.0793. The molecular weight excluding hydrogens is 260 g/mol. The van der Waals surface area contributed by atoms with Crippen LogP contribution in [0.1, 0.15) is 0 Å². The molecule has 1 atom stereocenters. The van der Waals surface area contributed by atoms with Crippen LogP contribution in [0, 0.1) is 23.3 Å². The molecule has 0 saturated heterocycles. The Labute approximate surface area is 86.4 Å². The third-order valence-electron chi connectivity index (χ3n) is 1.26. The van der Waals surface area contributed by atoms with Gasteiger partial charge in [-0.15, -0.1) is 0 Å². The van der Waals surface area contributed by atoms with E-state index in [4.69, 9.17) is 4.55 Å². The van der Waals surface area contributed by atoms with Gasteiger partial charge in [-0.2, -0.15) is 8.60 Å². The lowest BCUT2D eigenvalue weighted by atomic mass is 10.3. The number of hydrogen-bond acceptors (Lipinski definition) is 3. The molecule has 0 aliphatic heterocycles. The standard InChI is InChI=1S/C6H2F4O3S2/c7-2-1-3(13-15(11,12)14)5(9)6(10)4(2)8/h1H,(H,11,12,14). The summed E-state index contributed by atoms with van der Waals surface area (Å²) >= 11 is 3.80. The normalized spacial score (nSPS) is 14.7. The molecule has 0 saturated carbocycles. The predicted octanol–water partition coefficient (Wildman–Crippen LogP) is 1.76. The van der Waals surface area contributed by atoms with Gasteiger partial charge in [0.1, 0.15) is 0 Å². The van der Waals surface area contributed by atoms with Gasteiger partial charge in [-0.05, 0) is 0 Å². The molecule has 1 aromatic carbocycles. The SMILES string of the molecule is O=S(O)(=S)Oc1cc(F)c(F)c(F)c1F. The molecule has 3 nitrogen and oxygen atoms in total. The lowest BCUT2D eigenvalue weighted by Crippen LogP contribution is -2.08. The van der Waals surface area contributed by atoms with Crippen molar-refractivity contribution in [1.29, 1.82) is 0 Å². The third kappa shape index (κ3) is 2.76. The fraction of sp³-hybridized carbons (Fsp3) is 0. The summed E-state index contributed by atoms with van der Waals surface area (Å²) in [5, 5.41) is 0. The molecule has 0 bridgehead atoms. The molecule has 1 N–H and O–H groups in total. The molecule has 0 aliphatic rings. The van der Waals surface area contributed by atoms with Gasteiger partial charge in [0, 0.05) is 6.07 Å². The molecule has 1 rings (SSSR count). The summed E-state index contributed by atoms with van der Waals surface area (Å²) in [6, 6.07) is 0.0793. The van der Waals surface area contributed by atoms with Crippen molar-refractivity contribution in [3.05, 3.63) is 29.3 Å². The topological polar surface area (TPSA) is 46.5 Å². The molecule has 0 spiro atoms. The molecule has 0 heterocycles. The van der Waals surface area contributed by atoms with Crippen molar-refractivity contribution < 1.29 is 30.5 Å². The van der Waals surface area contributed by atoms with Crippen LogP contribution in [0.25, 0.3) is 0 Å². The zero-order chi connectivity index (χ0) is 11.8. The number of rotatable bonds is 2. The Bertz CT molecular complexity index is 500. The minimum atomic E-state index is -4.31. The second kappa shape index (κ2) is 3.91. The highest BCUT2D eigenvalue weighted by atomic mass is 32.9. The van der Waals surface area contributed by atoms with Gasteiger partial charge in [-0.1, -0.05) is 0 Å². The van der Waals surface area contributed by atoms with Crippen LogP contribution in [-0.2, 0) is 20.2 Å². The van der Waals surface area contributed by atoms with Crippen molar-refractivity contribution in [2.24, 2.45) is 0 Å². The molecule has 15 heavy (non-hydrogen) atoms. The number of benzene rings is 1. The lowest BCUT2D eigenvalue weighted by Gasteiger charge is -2.06. The average Bonchev–Trinajstić information content (AvgIpc) is 2.08. The van der Waals surface area contributed by atoms with Crippen LogP contribution in [0.2, 0.25) is 0 Å². The van der Waals surface area contributed by atoms with Gasteiger partial charge in [0.2, 0.25) is 11.6 Å². The van der Waals surface area contributed by atoms with Crippen LogP contribution in [0.5, 0.6) is 5.75 Å². The molecule has 0 amide bonds. The summed E-state index contributed by atoms with van der Waals surface area (Å²) in [5.41, 5.74) is 0. The van der Waals surface area contributed by atoms with E-state index in [-0.39, 0.29) is 6.07 Å². The monoisotopic (exact) mass is 262 g/mol. The Kier molecular flexibility index (Phi) is 3.16. The van der Waals surface area contributed by atoms with Crippen LogP contribution in [0.4, 0.5) is 17.6 Å². The summed E-state index contributed by atoms with van der Waals surface area (Å²) in [5.74, 6) is -9.16. The molecule has 1 aromatic rings. The molecule has 9 heteroatoms. The van der Waals surface area contributed by atoms with E-state index in [2.05, 4.69) is 15.4 Å². The van der Waals surface area contributed by atoms with E-state index < -0.39 is 38.1 Å². The van der Waals surface area contributed by atoms with E-state index >= 15 is 0 Å². The van der Waals surface area contributed by atoms with E-state index in [0.717, 1.165) is 0 Å². The molecule has 84 valence electrons. The van der Waals surface area contributed by atoms with Gasteiger partial charge < -0.3 is 4.18 Å². The van der Waals surface area contributed by atoms with Gasteiger partial charge in [-0.3, -0.25) is 4.55 Å². The van der Waals surface area contributed by atoms with E-state index in [1.54, 1.807) is 0 Å². The van der Waals surface area contributed by atoms with Crippen molar-refractivity contribution in [3.63, 3.8) is 0 Å². The lowest BCUT2D eigenvalue weighted by molar-refractivity contribution is 0.379. The summed E-state index contributed by atoms with van der Waals surface area (Å²) in [4.78, 5) is 0. The van der Waals surface area contributed by atoms with Gasteiger partial charge in [0.05, 0.1) is 11.2 Å². The van der Waals surface area contributed by atoms with Crippen molar-refractivity contribution in [2.75, 3.05) is 0 Å². The highest BCUT2D eigenvalue weighted by molar-refractivity contribution is 8.27. The smallest absolute Gasteiger partial charge is 0.311 e. The zero-order valence-electron chi connectivity index (χ0n) is 6.67. The summed E-state index contributed by atoms with van der Waals surface area (Å²) in [7, 11) is -4.31. The van der Waals surface area contributed by atoms with E-state index in [9.17, 15) is 21.8 Å². The Balaban J connectivity index is 3.33. The van der Waals surface area contributed by atoms with Gasteiger partial charge in [0.15, 0.2) is 17.4 Å². The second-order valence-corrected chi connectivity index (χ2v) is 4.60. The van der Waals surface area contributed by atoms with E-state index in [1.165, 1.54) is 0 Å². The zero-order valence-corrected chi connectivity index (χ0v) is 8.30. The van der Waals surface area contributed by atoms with E-state index in [0.29, 0.717) is 0 Å². The van der Waals surface area contributed by atoms with Crippen LogP contribution in [0.3, 0.4) is 0 Å². The average molecular weight is 262 g/mol. The predicted molar refractivity (Wildman–Crippen MR) is 45.0 cm³/mol. The van der Waals surface area contributed by atoms with E-state index in [1.807, 2.05) is 0 Å². The first kappa shape index (κ1) is 12.1. The molecule has 0 aromatic heterocycles. The van der Waals surface area contributed by atoms with Gasteiger partial charge in [0.25, 0.3) is 0 Å². The van der Waals surface area contributed by atoms with Crippen molar-refractivity contribution in [3.8, 4) is 5.75 Å². The first-order valence-corrected chi connectivity index (χ1v) is 5.59. The van der Waals surface area contributed by atoms with Crippen LogP contribution >= 0.6 is 0 Å². The van der Waals surface area contributed by atoms with Crippen molar-refractivity contribution >= 4 is 20.2 Å². The van der Waals surface area contributed by atoms with Crippen LogP contribution < -0.4 is 4.18 Å². The molecule has 0 fully saturated rings. The van der Waals surface area contributed by atoms with Gasteiger partial charge in [-0.25, -0.2) is 13.2 Å². The fourth-order valence-corrected chi connectivity index (χ4v) is 1.29. The highest BCUT2D eigenvalue weighted by Gasteiger charge is 2.21. The maximum absolute atomic E-state index is 12.8. The van der Waals surface area contributed by atoms with Crippen molar-refractivity contribution in [2.45, 2.75) is 0 Å². The maximum Gasteiger partial charge on any atom is 0.311 e. The Morgan fingerprint density at radius 1 is 1.20 bits per heavy atom. The quantitative estimate of drug-likeness (QED) is 0.501. The molecular formula is C6H2F4O3S2. The molecule has 0 aliphatic carbocycles. The van der Waals surface area contributed by atoms with Crippen LogP contribution in [-0.4, -0.2) is 8.76 Å². The third-order valence-corrected chi connectivity index (χ3v) is 1.86. The second-order valence-electron chi connectivity index (χ2n) is 2.31. The molecule has 1 unspecified atom stereocenters. The minimum Gasteiger partial charge on any atom is -0.378 e. The summed E-state index contributed by atoms with van der Waals surface area (Å²) in [6.45, 7) is 0. The Morgan fingerprint density at radius 3 is 2.20 bits per heavy atom. The number of hydrogen-bond donors (Lipinski definition) is 1. The Hall–Kier alpha value is -0.930. The molecule has 0 radical (unpaired) electrons. The first-order chi connectivity index (χ1) is 6.72. The highest BCUT2D eigenvalue weighted by Crippen LogP contribution is 2.25. The largest absolute Gasteiger partial charge is 0.378 e. The summed E-state index contributed by atoms with van der Waals surface area (Å²) in [6.07, 6.45) is 0. The van der Waals surface area contributed by atoms with Crippen LogP contribution in [0.15, 0.2) is 6.07 Å². The van der Waals surface area contributed by atoms with Gasteiger partial charge >= 0.3 is 9.05 Å². The maximum atomic E-state index is 12.8. The van der Waals surface area contributed by atoms with Crippen molar-refractivity contribution in [1.82, 2.24) is 0 Å². The summed E-state index contributed by atoms with van der Waals surface area (Å²) < 4.78 is 73.0. The Morgan fingerprint density at radius 2 is 1.73 bits per heavy atom. The fourth-order valence-electron chi connectivity index (χ4n) is 0.725. The number of halogens is 4.